The van der Waals surface area contributed by atoms with E-state index in [0.29, 0.717) is 11.2 Å². The molecule has 4 nitrogen and oxygen atoms in total. The summed E-state index contributed by atoms with van der Waals surface area (Å²) in [5.74, 6) is 3.00. The van der Waals surface area contributed by atoms with Crippen molar-refractivity contribution >= 4 is 11.6 Å². The molecule has 1 saturated carbocycles. The van der Waals surface area contributed by atoms with Crippen LogP contribution >= 0.6 is 0 Å². The molecular formula is C16H28N4. The van der Waals surface area contributed by atoms with Gasteiger partial charge in [0.05, 0.1) is 0 Å². The monoisotopic (exact) mass is 276 g/mol. The van der Waals surface area contributed by atoms with E-state index in [0.717, 1.165) is 30.5 Å². The molecule has 0 spiro atoms. The number of aromatic nitrogens is 2. The summed E-state index contributed by atoms with van der Waals surface area (Å²) in [7, 11) is 0. The van der Waals surface area contributed by atoms with Crippen molar-refractivity contribution in [2.24, 2.45) is 11.3 Å². The molecule has 0 atom stereocenters. The van der Waals surface area contributed by atoms with E-state index in [1.54, 1.807) is 0 Å². The Labute approximate surface area is 122 Å². The lowest BCUT2D eigenvalue weighted by Gasteiger charge is -2.31. The number of anilines is 2. The van der Waals surface area contributed by atoms with Crippen LogP contribution in [0.3, 0.4) is 0 Å². The molecule has 0 aromatic carbocycles. The maximum absolute atomic E-state index is 5.84. The summed E-state index contributed by atoms with van der Waals surface area (Å²) < 4.78 is 0. The fourth-order valence-electron chi connectivity index (χ4n) is 3.49. The second kappa shape index (κ2) is 6.42. The molecule has 0 amide bonds. The molecule has 1 aliphatic carbocycles. The highest BCUT2D eigenvalue weighted by Crippen LogP contribution is 2.43. The average molecular weight is 276 g/mol. The van der Waals surface area contributed by atoms with E-state index in [1.807, 2.05) is 6.07 Å². The maximum Gasteiger partial charge on any atom is 0.132 e. The van der Waals surface area contributed by atoms with Crippen molar-refractivity contribution < 1.29 is 0 Å². The van der Waals surface area contributed by atoms with Crippen LogP contribution in [-0.4, -0.2) is 16.5 Å². The van der Waals surface area contributed by atoms with Gasteiger partial charge in [-0.05, 0) is 30.6 Å². The summed E-state index contributed by atoms with van der Waals surface area (Å²) in [5.41, 5.74) is 6.29. The Kier molecular flexibility index (Phi) is 4.84. The lowest BCUT2D eigenvalue weighted by atomic mass is 9.78. The zero-order valence-corrected chi connectivity index (χ0v) is 13.1. The summed E-state index contributed by atoms with van der Waals surface area (Å²) in [6, 6.07) is 1.84. The van der Waals surface area contributed by atoms with E-state index in [4.69, 9.17) is 5.73 Å². The first-order chi connectivity index (χ1) is 9.53. The highest BCUT2D eigenvalue weighted by molar-refractivity contribution is 5.44. The molecule has 0 aliphatic heterocycles. The molecule has 112 valence electrons. The van der Waals surface area contributed by atoms with Crippen molar-refractivity contribution in [3.63, 3.8) is 0 Å². The fourth-order valence-corrected chi connectivity index (χ4v) is 3.49. The Balaban J connectivity index is 2.04. The smallest absolute Gasteiger partial charge is 0.132 e. The van der Waals surface area contributed by atoms with E-state index < -0.39 is 0 Å². The normalized spacial score (nSPS) is 17.6. The van der Waals surface area contributed by atoms with Crippen LogP contribution in [-0.2, 0) is 6.42 Å². The highest BCUT2D eigenvalue weighted by Gasteiger charge is 2.34. The molecule has 1 aromatic heterocycles. The molecule has 0 saturated heterocycles. The quantitative estimate of drug-likeness (QED) is 0.832. The molecule has 1 heterocycles. The van der Waals surface area contributed by atoms with Gasteiger partial charge in [-0.15, -0.1) is 0 Å². The van der Waals surface area contributed by atoms with Crippen molar-refractivity contribution in [3.8, 4) is 0 Å². The number of nitrogen functional groups attached to an aromatic ring is 1. The largest absolute Gasteiger partial charge is 0.384 e. The first-order valence-electron chi connectivity index (χ1n) is 7.90. The van der Waals surface area contributed by atoms with Gasteiger partial charge in [0.25, 0.3) is 0 Å². The Bertz CT molecular complexity index is 436. The lowest BCUT2D eigenvalue weighted by molar-refractivity contribution is 0.252. The van der Waals surface area contributed by atoms with Crippen LogP contribution in [0.4, 0.5) is 11.6 Å². The Morgan fingerprint density at radius 3 is 2.60 bits per heavy atom. The van der Waals surface area contributed by atoms with Gasteiger partial charge in [0, 0.05) is 19.0 Å². The van der Waals surface area contributed by atoms with Crippen LogP contribution < -0.4 is 11.1 Å². The number of aryl methyl sites for hydroxylation is 1. The van der Waals surface area contributed by atoms with Gasteiger partial charge in [0.2, 0.25) is 0 Å². The third-order valence-electron chi connectivity index (χ3n) is 4.26. The molecule has 1 aliphatic rings. The van der Waals surface area contributed by atoms with Gasteiger partial charge in [-0.25, -0.2) is 9.97 Å². The van der Waals surface area contributed by atoms with Crippen molar-refractivity contribution in [1.82, 2.24) is 9.97 Å². The molecule has 20 heavy (non-hydrogen) atoms. The Morgan fingerprint density at radius 1 is 1.30 bits per heavy atom. The minimum Gasteiger partial charge on any atom is -0.384 e. The van der Waals surface area contributed by atoms with Crippen LogP contribution in [0.1, 0.15) is 58.7 Å². The third kappa shape index (κ3) is 3.84. The van der Waals surface area contributed by atoms with E-state index in [1.165, 1.54) is 32.1 Å². The number of hydrogen-bond donors (Lipinski definition) is 2. The average Bonchev–Trinajstić information content (AvgIpc) is 2.84. The van der Waals surface area contributed by atoms with Crippen LogP contribution in [0.15, 0.2) is 6.07 Å². The molecule has 3 N–H and O–H groups in total. The van der Waals surface area contributed by atoms with Crippen LogP contribution in [0.25, 0.3) is 0 Å². The zero-order chi connectivity index (χ0) is 14.6. The number of nitrogens with two attached hydrogens (primary N) is 1. The zero-order valence-electron chi connectivity index (χ0n) is 13.1. The molecule has 1 aromatic rings. The number of nitrogens with one attached hydrogen (secondary N) is 1. The van der Waals surface area contributed by atoms with E-state index in [2.05, 4.69) is 36.1 Å². The second-order valence-electron chi connectivity index (χ2n) is 6.61. The second-order valence-corrected chi connectivity index (χ2v) is 6.61. The van der Waals surface area contributed by atoms with Gasteiger partial charge >= 0.3 is 0 Å². The molecule has 1 fully saturated rings. The van der Waals surface area contributed by atoms with E-state index >= 15 is 0 Å². The summed E-state index contributed by atoms with van der Waals surface area (Å²) in [6.07, 6.45) is 7.50. The Hall–Kier alpha value is -1.32. The first-order valence-corrected chi connectivity index (χ1v) is 7.90. The minimum absolute atomic E-state index is 0.445. The van der Waals surface area contributed by atoms with Crippen molar-refractivity contribution in [2.75, 3.05) is 17.6 Å². The predicted octanol–water partition coefficient (Wildman–Crippen LogP) is 3.64. The van der Waals surface area contributed by atoms with E-state index in [-0.39, 0.29) is 0 Å². The lowest BCUT2D eigenvalue weighted by Crippen LogP contribution is -2.29. The summed E-state index contributed by atoms with van der Waals surface area (Å²) in [4.78, 5) is 8.75. The predicted molar refractivity (Wildman–Crippen MR) is 84.7 cm³/mol. The van der Waals surface area contributed by atoms with E-state index in [9.17, 15) is 0 Å². The van der Waals surface area contributed by atoms with Gasteiger partial charge < -0.3 is 11.1 Å². The maximum atomic E-state index is 5.84. The minimum atomic E-state index is 0.445. The SMILES string of the molecule is CCc1nc(N)cc(NCC2(CC(C)C)CCCC2)n1. The first kappa shape index (κ1) is 15.1. The van der Waals surface area contributed by atoms with Crippen molar-refractivity contribution in [1.29, 1.82) is 0 Å². The Morgan fingerprint density at radius 2 is 2.00 bits per heavy atom. The van der Waals surface area contributed by atoms with Crippen molar-refractivity contribution in [3.05, 3.63) is 11.9 Å². The molecule has 4 heteroatoms. The molecule has 2 rings (SSSR count). The van der Waals surface area contributed by atoms with Gasteiger partial charge in [0.1, 0.15) is 17.5 Å². The highest BCUT2D eigenvalue weighted by atomic mass is 15.1. The van der Waals surface area contributed by atoms with Crippen molar-refractivity contribution in [2.45, 2.75) is 59.3 Å². The number of hydrogen-bond acceptors (Lipinski definition) is 4. The topological polar surface area (TPSA) is 63.8 Å². The van der Waals surface area contributed by atoms with Gasteiger partial charge in [0.15, 0.2) is 0 Å². The summed E-state index contributed by atoms with van der Waals surface area (Å²) in [6.45, 7) is 7.69. The molecule has 0 radical (unpaired) electrons. The van der Waals surface area contributed by atoms with Gasteiger partial charge in [-0.1, -0.05) is 33.6 Å². The molecule has 0 unspecified atom stereocenters. The summed E-state index contributed by atoms with van der Waals surface area (Å²) >= 11 is 0. The molecule has 0 bridgehead atoms. The number of rotatable bonds is 6. The third-order valence-corrected chi connectivity index (χ3v) is 4.26. The van der Waals surface area contributed by atoms with Crippen LogP contribution in [0.2, 0.25) is 0 Å². The molecular weight excluding hydrogens is 248 g/mol. The standard InChI is InChI=1S/C16H28N4/c1-4-14-19-13(17)9-15(20-14)18-11-16(10-12(2)3)7-5-6-8-16/h9,12H,4-8,10-11H2,1-3H3,(H3,17,18,19,20). The van der Waals surface area contributed by atoms with Crippen LogP contribution in [0.5, 0.6) is 0 Å². The van der Waals surface area contributed by atoms with Gasteiger partial charge in [-0.3, -0.25) is 0 Å². The number of nitrogens with zero attached hydrogens (tertiary/aromatic N) is 2. The fraction of sp³-hybridized carbons (Fsp3) is 0.750. The van der Waals surface area contributed by atoms with Gasteiger partial charge in [-0.2, -0.15) is 0 Å². The van der Waals surface area contributed by atoms with Crippen LogP contribution in [0, 0.1) is 11.3 Å². The summed E-state index contributed by atoms with van der Waals surface area (Å²) in [5, 5.41) is 3.52.